The Kier molecular flexibility index (Phi) is 9.13. The Morgan fingerprint density at radius 1 is 1.00 bits per heavy atom. The lowest BCUT2D eigenvalue weighted by atomic mass is 9.84. The molecule has 184 valence electrons. The van der Waals surface area contributed by atoms with Crippen LogP contribution in [0.5, 0.6) is 0 Å². The average Bonchev–Trinajstić information content (AvgIpc) is 2.76. The number of benzene rings is 2. The molecule has 7 heteroatoms. The van der Waals surface area contributed by atoms with E-state index in [0.29, 0.717) is 25.5 Å². The molecule has 0 saturated carbocycles. The number of aliphatic imine (C=N–C) groups is 2. The van der Waals surface area contributed by atoms with Crippen molar-refractivity contribution in [2.24, 2.45) is 15.9 Å². The Morgan fingerprint density at radius 2 is 1.74 bits per heavy atom. The van der Waals surface area contributed by atoms with Gasteiger partial charge in [0.2, 0.25) is 5.90 Å². The van der Waals surface area contributed by atoms with E-state index in [4.69, 9.17) is 42.7 Å². The molecule has 2 aromatic rings. The third-order valence-corrected chi connectivity index (χ3v) is 7.54. The van der Waals surface area contributed by atoms with E-state index in [9.17, 15) is 0 Å². The first-order valence-electron chi connectivity index (χ1n) is 11.8. The van der Waals surface area contributed by atoms with Gasteiger partial charge in [0.15, 0.2) is 5.72 Å². The lowest BCUT2D eigenvalue weighted by Gasteiger charge is -2.39. The van der Waals surface area contributed by atoms with Gasteiger partial charge in [0, 0.05) is 32.4 Å². The van der Waals surface area contributed by atoms with E-state index in [1.165, 1.54) is 0 Å². The molecule has 0 saturated heterocycles. The lowest BCUT2D eigenvalue weighted by molar-refractivity contribution is -0.0127. The maximum atomic E-state index is 6.75. The zero-order chi connectivity index (χ0) is 24.9. The molecular formula is C27H34Cl2N2O2S. The fourth-order valence-electron chi connectivity index (χ4n) is 4.15. The van der Waals surface area contributed by atoms with Gasteiger partial charge in [0.1, 0.15) is 5.54 Å². The van der Waals surface area contributed by atoms with Crippen molar-refractivity contribution in [3.63, 3.8) is 0 Å². The van der Waals surface area contributed by atoms with Gasteiger partial charge < -0.3 is 9.47 Å². The van der Waals surface area contributed by atoms with Gasteiger partial charge in [-0.25, -0.2) is 4.99 Å². The molecule has 0 aliphatic carbocycles. The van der Waals surface area contributed by atoms with Gasteiger partial charge in [-0.1, -0.05) is 67.9 Å². The normalized spacial score (nSPS) is 23.1. The van der Waals surface area contributed by atoms with Crippen LogP contribution in [0.1, 0.15) is 59.4 Å². The summed E-state index contributed by atoms with van der Waals surface area (Å²) in [5, 5.41) is 1.46. The Hall–Kier alpha value is -1.53. The van der Waals surface area contributed by atoms with Crippen LogP contribution in [0.15, 0.2) is 62.2 Å². The van der Waals surface area contributed by atoms with Crippen LogP contribution in [0.2, 0.25) is 10.0 Å². The predicted octanol–water partition coefficient (Wildman–Crippen LogP) is 8.31. The van der Waals surface area contributed by atoms with Crippen LogP contribution in [0, 0.1) is 5.92 Å². The van der Waals surface area contributed by atoms with Crippen LogP contribution in [-0.2, 0) is 9.47 Å². The van der Waals surface area contributed by atoms with Gasteiger partial charge in [0.05, 0.1) is 12.8 Å². The molecule has 0 aromatic heterocycles. The highest BCUT2D eigenvalue weighted by atomic mass is 35.5. The van der Waals surface area contributed by atoms with Gasteiger partial charge in [-0.15, -0.1) is 0 Å². The summed E-state index contributed by atoms with van der Waals surface area (Å²) in [5.74, 6) is 0.896. The molecule has 0 bridgehead atoms. The first-order chi connectivity index (χ1) is 16.1. The number of ether oxygens (including phenoxy) is 2. The van der Waals surface area contributed by atoms with E-state index in [1.54, 1.807) is 11.8 Å². The molecule has 2 aromatic carbocycles. The summed E-state index contributed by atoms with van der Waals surface area (Å²) < 4.78 is 12.1. The number of halogens is 2. The first kappa shape index (κ1) is 27.1. The number of hydrogen-bond donors (Lipinski definition) is 0. The highest BCUT2D eigenvalue weighted by Crippen LogP contribution is 2.39. The molecule has 1 aliphatic heterocycles. The van der Waals surface area contributed by atoms with Crippen molar-refractivity contribution in [3.8, 4) is 0 Å². The quantitative estimate of drug-likeness (QED) is 0.333. The summed E-state index contributed by atoms with van der Waals surface area (Å²) in [6, 6.07) is 14.0. The molecule has 3 rings (SSSR count). The van der Waals surface area contributed by atoms with Crippen LogP contribution in [-0.4, -0.2) is 36.6 Å². The molecular weight excluding hydrogens is 487 g/mol. The average molecular weight is 522 g/mol. The zero-order valence-electron chi connectivity index (χ0n) is 20.8. The van der Waals surface area contributed by atoms with E-state index in [0.717, 1.165) is 25.4 Å². The third-order valence-electron chi connectivity index (χ3n) is 5.99. The molecule has 1 aliphatic rings. The summed E-state index contributed by atoms with van der Waals surface area (Å²) in [4.78, 5) is 12.1. The number of hydrogen-bond acceptors (Lipinski definition) is 5. The molecule has 34 heavy (non-hydrogen) atoms. The van der Waals surface area contributed by atoms with Crippen LogP contribution in [0.25, 0.3) is 0 Å². The summed E-state index contributed by atoms with van der Waals surface area (Å²) in [6.07, 6.45) is 2.58. The molecule has 0 fully saturated rings. The summed E-state index contributed by atoms with van der Waals surface area (Å²) in [5.41, 5.74) is -0.309. The smallest absolute Gasteiger partial charge is 0.214 e. The molecule has 0 N–H and O–H groups in total. The second kappa shape index (κ2) is 11.5. The predicted molar refractivity (Wildman–Crippen MR) is 145 cm³/mol. The second-order valence-electron chi connectivity index (χ2n) is 9.07. The Morgan fingerprint density at radius 3 is 2.35 bits per heavy atom. The monoisotopic (exact) mass is 520 g/mol. The van der Waals surface area contributed by atoms with E-state index in [1.807, 2.05) is 50.4 Å². The molecule has 3 atom stereocenters. The van der Waals surface area contributed by atoms with Crippen molar-refractivity contribution in [2.75, 3.05) is 13.2 Å². The standard InChI is InChI=1S/C27H34Cl2N2O2S/c1-7-32-25-26(6,30-17-27(31-25,18(3)4)33-8-2)16-19(5)23-13-12-22(15-24(23)29)34-21-11-9-10-20(28)14-21/h9-15,17-19H,7-8,16H2,1-6H3/t19-,26?,27-/m1/s1. The van der Waals surface area contributed by atoms with E-state index < -0.39 is 11.3 Å². The SMILES string of the molecule is CCOC1=N[C@](OCC)(C(C)C)C=NC1(C)C[C@@H](C)c1ccc(Sc2cccc(Cl)c2)cc1Cl. The minimum absolute atomic E-state index is 0.132. The minimum atomic E-state index is -0.793. The fourth-order valence-corrected chi connectivity index (χ4v) is 5.76. The largest absolute Gasteiger partial charge is 0.479 e. The summed E-state index contributed by atoms with van der Waals surface area (Å²) in [7, 11) is 0. The van der Waals surface area contributed by atoms with E-state index in [-0.39, 0.29) is 11.8 Å². The first-order valence-corrected chi connectivity index (χ1v) is 13.4. The number of rotatable bonds is 9. The van der Waals surface area contributed by atoms with Crippen LogP contribution in [0.4, 0.5) is 0 Å². The summed E-state index contributed by atoms with van der Waals surface area (Å²) in [6.45, 7) is 13.4. The third kappa shape index (κ3) is 6.17. The molecule has 4 nitrogen and oxygen atoms in total. The van der Waals surface area contributed by atoms with E-state index in [2.05, 4.69) is 39.8 Å². The van der Waals surface area contributed by atoms with Crippen molar-refractivity contribution in [3.05, 3.63) is 58.1 Å². The molecule has 1 unspecified atom stereocenters. The van der Waals surface area contributed by atoms with Gasteiger partial charge >= 0.3 is 0 Å². The maximum absolute atomic E-state index is 6.75. The molecule has 1 heterocycles. The molecule has 0 amide bonds. The van der Waals surface area contributed by atoms with Crippen LogP contribution in [0.3, 0.4) is 0 Å². The van der Waals surface area contributed by atoms with Crippen molar-refractivity contribution < 1.29 is 9.47 Å². The minimum Gasteiger partial charge on any atom is -0.479 e. The zero-order valence-corrected chi connectivity index (χ0v) is 23.1. The Balaban J connectivity index is 1.82. The van der Waals surface area contributed by atoms with Gasteiger partial charge in [-0.3, -0.25) is 4.99 Å². The van der Waals surface area contributed by atoms with Gasteiger partial charge in [-0.05, 0) is 69.0 Å². The number of nitrogens with zero attached hydrogens (tertiary/aromatic N) is 2. The van der Waals surface area contributed by atoms with Gasteiger partial charge in [-0.2, -0.15) is 0 Å². The Bertz CT molecular complexity index is 1060. The highest BCUT2D eigenvalue weighted by Gasteiger charge is 2.44. The van der Waals surface area contributed by atoms with Crippen molar-refractivity contribution in [2.45, 2.75) is 74.9 Å². The van der Waals surface area contributed by atoms with E-state index >= 15 is 0 Å². The highest BCUT2D eigenvalue weighted by molar-refractivity contribution is 7.99. The maximum Gasteiger partial charge on any atom is 0.214 e. The summed E-state index contributed by atoms with van der Waals surface area (Å²) >= 11 is 14.5. The lowest BCUT2D eigenvalue weighted by Crippen LogP contribution is -2.49. The second-order valence-corrected chi connectivity index (χ2v) is 11.1. The van der Waals surface area contributed by atoms with Crippen molar-refractivity contribution in [1.82, 2.24) is 0 Å². The molecule has 0 spiro atoms. The van der Waals surface area contributed by atoms with Crippen molar-refractivity contribution >= 4 is 47.1 Å². The fraction of sp³-hybridized carbons (Fsp3) is 0.481. The molecule has 0 radical (unpaired) electrons. The topological polar surface area (TPSA) is 43.2 Å². The van der Waals surface area contributed by atoms with Crippen LogP contribution >= 0.6 is 35.0 Å². The Labute approximate surface area is 218 Å². The van der Waals surface area contributed by atoms with Crippen LogP contribution < -0.4 is 0 Å². The van der Waals surface area contributed by atoms with Gasteiger partial charge in [0.25, 0.3) is 0 Å². The van der Waals surface area contributed by atoms with Crippen molar-refractivity contribution in [1.29, 1.82) is 0 Å².